The number of nitrogens with one attached hydrogen (secondary N) is 1. The van der Waals surface area contributed by atoms with Gasteiger partial charge in [-0.1, -0.05) is 5.16 Å². The van der Waals surface area contributed by atoms with Crippen molar-refractivity contribution in [3.05, 3.63) is 17.5 Å². The molecule has 0 bridgehead atoms. The lowest BCUT2D eigenvalue weighted by atomic mass is 9.81. The Kier molecular flexibility index (Phi) is 4.59. The summed E-state index contributed by atoms with van der Waals surface area (Å²) >= 11 is 0. The molecule has 2 aliphatic heterocycles. The fourth-order valence-corrected chi connectivity index (χ4v) is 4.14. The van der Waals surface area contributed by atoms with Crippen molar-refractivity contribution in [1.29, 1.82) is 0 Å². The number of carbonyl (C=O) groups is 1. The maximum absolute atomic E-state index is 12.2. The number of nitrogens with zero attached hydrogens (tertiary/aromatic N) is 2. The summed E-state index contributed by atoms with van der Waals surface area (Å²) < 4.78 is 11.0. The van der Waals surface area contributed by atoms with Gasteiger partial charge in [-0.15, -0.1) is 0 Å². The van der Waals surface area contributed by atoms with E-state index in [2.05, 4.69) is 15.4 Å². The van der Waals surface area contributed by atoms with E-state index in [4.69, 9.17) is 9.26 Å². The highest BCUT2D eigenvalue weighted by atomic mass is 16.5. The number of likely N-dealkylation sites (tertiary alicyclic amines) is 1. The monoisotopic (exact) mass is 333 g/mol. The number of amides is 1. The highest BCUT2D eigenvalue weighted by Crippen LogP contribution is 2.36. The van der Waals surface area contributed by atoms with E-state index in [1.807, 2.05) is 13.0 Å². The Bertz CT molecular complexity index is 584. The van der Waals surface area contributed by atoms with Crippen LogP contribution >= 0.6 is 0 Å². The molecule has 1 amide bonds. The maximum atomic E-state index is 12.2. The Morgan fingerprint density at radius 2 is 2.25 bits per heavy atom. The molecule has 3 heterocycles. The molecule has 1 saturated carbocycles. The molecule has 2 saturated heterocycles. The first-order valence-electron chi connectivity index (χ1n) is 9.16. The second-order valence-corrected chi connectivity index (χ2v) is 7.80. The van der Waals surface area contributed by atoms with Crippen LogP contribution in [0.15, 0.2) is 10.6 Å². The van der Waals surface area contributed by atoms with E-state index in [-0.39, 0.29) is 5.91 Å². The molecular formula is C18H27N3O3. The minimum atomic E-state index is 0.196. The normalized spacial score (nSPS) is 30.3. The van der Waals surface area contributed by atoms with Crippen LogP contribution in [-0.4, -0.2) is 48.8 Å². The number of aromatic nitrogens is 1. The first kappa shape index (κ1) is 16.1. The number of fused-ring (bicyclic) bond motifs is 1. The molecular weight excluding hydrogens is 306 g/mol. The summed E-state index contributed by atoms with van der Waals surface area (Å²) in [6, 6.07) is 2.00. The molecule has 0 spiro atoms. The predicted molar refractivity (Wildman–Crippen MR) is 88.2 cm³/mol. The summed E-state index contributed by atoms with van der Waals surface area (Å²) in [7, 11) is 0. The molecule has 1 N–H and O–H groups in total. The van der Waals surface area contributed by atoms with E-state index in [9.17, 15) is 4.79 Å². The number of carbonyl (C=O) groups excluding carboxylic acids is 1. The van der Waals surface area contributed by atoms with Crippen molar-refractivity contribution < 1.29 is 14.1 Å². The van der Waals surface area contributed by atoms with E-state index >= 15 is 0 Å². The van der Waals surface area contributed by atoms with Crippen molar-refractivity contribution in [2.24, 2.45) is 23.7 Å². The predicted octanol–water partition coefficient (Wildman–Crippen LogP) is 1.59. The fourth-order valence-electron chi connectivity index (χ4n) is 4.14. The van der Waals surface area contributed by atoms with Gasteiger partial charge < -0.3 is 14.6 Å². The lowest BCUT2D eigenvalue weighted by Gasteiger charge is -2.32. The average molecular weight is 333 g/mol. The van der Waals surface area contributed by atoms with Gasteiger partial charge in [-0.2, -0.15) is 0 Å². The number of hydrogen-bond donors (Lipinski definition) is 1. The van der Waals surface area contributed by atoms with Gasteiger partial charge in [-0.05, 0) is 43.4 Å². The van der Waals surface area contributed by atoms with Crippen LogP contribution in [0.25, 0.3) is 0 Å². The third-order valence-electron chi connectivity index (χ3n) is 5.63. The summed E-state index contributed by atoms with van der Waals surface area (Å²) in [5, 5.41) is 7.19. The van der Waals surface area contributed by atoms with Gasteiger partial charge in [0.05, 0.1) is 18.9 Å². The van der Waals surface area contributed by atoms with Gasteiger partial charge in [-0.3, -0.25) is 9.69 Å². The zero-order valence-corrected chi connectivity index (χ0v) is 14.4. The molecule has 3 fully saturated rings. The Balaban J connectivity index is 1.31. The second kappa shape index (κ2) is 6.84. The van der Waals surface area contributed by atoms with Gasteiger partial charge in [0.25, 0.3) is 0 Å². The van der Waals surface area contributed by atoms with E-state index in [1.165, 1.54) is 12.8 Å². The van der Waals surface area contributed by atoms with Gasteiger partial charge in [0.15, 0.2) is 0 Å². The SMILES string of the molecule is Cc1cc(CN2C[C@@H]3COC[C@@H](CC(=O)NCC4CC4)[C@@H]3C2)no1. The molecule has 3 aliphatic rings. The van der Waals surface area contributed by atoms with E-state index in [1.54, 1.807) is 0 Å². The van der Waals surface area contributed by atoms with Crippen LogP contribution in [-0.2, 0) is 16.1 Å². The second-order valence-electron chi connectivity index (χ2n) is 7.80. The first-order valence-corrected chi connectivity index (χ1v) is 9.16. The molecule has 0 radical (unpaired) electrons. The number of rotatable bonds is 6. The Hall–Kier alpha value is -1.40. The lowest BCUT2D eigenvalue weighted by Crippen LogP contribution is -2.38. The first-order chi connectivity index (χ1) is 11.7. The molecule has 132 valence electrons. The van der Waals surface area contributed by atoms with E-state index in [0.29, 0.717) is 24.2 Å². The van der Waals surface area contributed by atoms with Crippen molar-refractivity contribution >= 4 is 5.91 Å². The molecule has 6 nitrogen and oxygen atoms in total. The van der Waals surface area contributed by atoms with Crippen LogP contribution in [0.2, 0.25) is 0 Å². The number of hydrogen-bond acceptors (Lipinski definition) is 5. The largest absolute Gasteiger partial charge is 0.381 e. The molecule has 1 aliphatic carbocycles. The number of aryl methyl sites for hydroxylation is 1. The molecule has 24 heavy (non-hydrogen) atoms. The van der Waals surface area contributed by atoms with Crippen LogP contribution in [0, 0.1) is 30.6 Å². The summed E-state index contributed by atoms with van der Waals surface area (Å²) in [4.78, 5) is 14.6. The van der Waals surface area contributed by atoms with Crippen LogP contribution in [0.5, 0.6) is 0 Å². The Morgan fingerprint density at radius 3 is 3.00 bits per heavy atom. The van der Waals surface area contributed by atoms with Crippen LogP contribution in [0.4, 0.5) is 0 Å². The zero-order valence-electron chi connectivity index (χ0n) is 14.4. The number of ether oxygens (including phenoxy) is 1. The fraction of sp³-hybridized carbons (Fsp3) is 0.778. The van der Waals surface area contributed by atoms with Crippen LogP contribution < -0.4 is 5.32 Å². The quantitative estimate of drug-likeness (QED) is 0.856. The topological polar surface area (TPSA) is 67.6 Å². The highest BCUT2D eigenvalue weighted by Gasteiger charge is 2.41. The van der Waals surface area contributed by atoms with Crippen molar-refractivity contribution in [2.45, 2.75) is 32.7 Å². The molecule has 4 rings (SSSR count). The molecule has 1 aromatic heterocycles. The lowest BCUT2D eigenvalue weighted by molar-refractivity contribution is -0.124. The highest BCUT2D eigenvalue weighted by molar-refractivity contribution is 5.76. The maximum Gasteiger partial charge on any atom is 0.220 e. The van der Waals surface area contributed by atoms with Crippen molar-refractivity contribution in [3.63, 3.8) is 0 Å². The van der Waals surface area contributed by atoms with Crippen molar-refractivity contribution in [3.8, 4) is 0 Å². The summed E-state index contributed by atoms with van der Waals surface area (Å²) in [6.07, 6.45) is 3.15. The molecule has 0 unspecified atom stereocenters. The Morgan fingerprint density at radius 1 is 1.38 bits per heavy atom. The van der Waals surface area contributed by atoms with Crippen molar-refractivity contribution in [1.82, 2.24) is 15.4 Å². The summed E-state index contributed by atoms with van der Waals surface area (Å²) in [5.41, 5.74) is 0.991. The van der Waals surface area contributed by atoms with Gasteiger partial charge in [0.1, 0.15) is 5.76 Å². The summed E-state index contributed by atoms with van der Waals surface area (Å²) in [5.74, 6) is 3.22. The third-order valence-corrected chi connectivity index (χ3v) is 5.63. The zero-order chi connectivity index (χ0) is 16.5. The third kappa shape index (κ3) is 3.81. The van der Waals surface area contributed by atoms with Crippen LogP contribution in [0.1, 0.15) is 30.7 Å². The van der Waals surface area contributed by atoms with Gasteiger partial charge in [-0.25, -0.2) is 0 Å². The molecule has 1 aromatic rings. The minimum Gasteiger partial charge on any atom is -0.381 e. The van der Waals surface area contributed by atoms with Gasteiger partial charge >= 0.3 is 0 Å². The average Bonchev–Trinajstić information content (AvgIpc) is 3.16. The smallest absolute Gasteiger partial charge is 0.220 e. The van der Waals surface area contributed by atoms with E-state index in [0.717, 1.165) is 56.8 Å². The van der Waals surface area contributed by atoms with Gasteiger partial charge in [0, 0.05) is 38.7 Å². The summed E-state index contributed by atoms with van der Waals surface area (Å²) in [6.45, 7) is 7.19. The standard InChI is InChI=1S/C18H27N3O3/c1-12-4-16(20-24-12)8-21-7-15-11-23-10-14(17(15)9-21)5-18(22)19-6-13-2-3-13/h4,13-15,17H,2-3,5-11H2,1H3,(H,19,22)/t14-,15-,17+/m1/s1. The van der Waals surface area contributed by atoms with E-state index < -0.39 is 0 Å². The minimum absolute atomic E-state index is 0.196. The van der Waals surface area contributed by atoms with Crippen LogP contribution in [0.3, 0.4) is 0 Å². The molecule has 0 aromatic carbocycles. The van der Waals surface area contributed by atoms with Gasteiger partial charge in [0.2, 0.25) is 5.91 Å². The van der Waals surface area contributed by atoms with Crippen molar-refractivity contribution in [2.75, 3.05) is 32.8 Å². The molecule has 3 atom stereocenters. The molecule has 6 heteroatoms. The Labute approximate surface area is 142 Å².